The highest BCUT2D eigenvalue weighted by molar-refractivity contribution is 6.12. The number of ether oxygens (including phenoxy) is 2. The molecule has 0 atom stereocenters. The van der Waals surface area contributed by atoms with Crippen molar-refractivity contribution in [1.82, 2.24) is 9.80 Å². The quantitative estimate of drug-likeness (QED) is 0.236. The summed E-state index contributed by atoms with van der Waals surface area (Å²) in [5, 5.41) is 0. The van der Waals surface area contributed by atoms with Crippen LogP contribution in [0.5, 0.6) is 11.5 Å². The Morgan fingerprint density at radius 1 is 1.03 bits per heavy atom. The van der Waals surface area contributed by atoms with E-state index in [4.69, 9.17) is 9.47 Å². The zero-order valence-corrected chi connectivity index (χ0v) is 19.3. The maximum atomic E-state index is 13.3. The number of methoxy groups -OCH3 is 2. The first-order valence-corrected chi connectivity index (χ1v) is 10.0. The number of ketones is 1. The minimum Gasteiger partial charge on any atom is -0.497 e. The van der Waals surface area contributed by atoms with Crippen LogP contribution in [0.2, 0.25) is 0 Å². The molecule has 0 unspecified atom stereocenters. The van der Waals surface area contributed by atoms with Crippen LogP contribution in [-0.2, 0) is 16.1 Å². The molecule has 33 heavy (non-hydrogen) atoms. The van der Waals surface area contributed by atoms with Crippen molar-refractivity contribution in [3.8, 4) is 11.5 Å². The molecule has 0 spiro atoms. The van der Waals surface area contributed by atoms with E-state index < -0.39 is 11.7 Å². The molecule has 0 N–H and O–H groups in total. The van der Waals surface area contributed by atoms with E-state index in [0.717, 1.165) is 4.90 Å². The van der Waals surface area contributed by atoms with Crippen LogP contribution in [-0.4, -0.2) is 56.2 Å². The highest BCUT2D eigenvalue weighted by atomic mass is 19.1. The zero-order chi connectivity index (χ0) is 24.5. The third kappa shape index (κ3) is 6.77. The second-order valence-corrected chi connectivity index (χ2v) is 7.42. The molecule has 174 valence electrons. The molecule has 0 aliphatic rings. The molecule has 2 aromatic carbocycles. The topological polar surface area (TPSA) is 76.2 Å². The van der Waals surface area contributed by atoms with E-state index in [1.54, 1.807) is 50.3 Å². The highest BCUT2D eigenvalue weighted by Crippen LogP contribution is 2.26. The number of amides is 2. The van der Waals surface area contributed by atoms with Crippen molar-refractivity contribution in [3.63, 3.8) is 0 Å². The summed E-state index contributed by atoms with van der Waals surface area (Å²) in [7, 11) is 6.48. The molecule has 8 heteroatoms. The molecule has 2 aromatic rings. The second-order valence-electron chi connectivity index (χ2n) is 7.42. The van der Waals surface area contributed by atoms with Gasteiger partial charge in [-0.05, 0) is 48.9 Å². The number of allylic oxidation sites excluding steroid dienone is 2. The van der Waals surface area contributed by atoms with Crippen LogP contribution in [0, 0.1) is 5.82 Å². The molecule has 0 aliphatic carbocycles. The Hall–Kier alpha value is -3.94. The first kappa shape index (κ1) is 25.3. The number of carbonyl (C=O) groups excluding carboxylic acids is 3. The zero-order valence-electron chi connectivity index (χ0n) is 19.3. The number of imide groups is 1. The number of halogens is 1. The Morgan fingerprint density at radius 2 is 1.70 bits per heavy atom. The molecule has 0 saturated heterocycles. The fourth-order valence-corrected chi connectivity index (χ4v) is 3.03. The number of Topliss-reactive ketones (excluding diaryl/α,β-unsaturated/α-hetero) is 1. The summed E-state index contributed by atoms with van der Waals surface area (Å²) < 4.78 is 23.7. The van der Waals surface area contributed by atoms with Crippen molar-refractivity contribution in [3.05, 3.63) is 82.8 Å². The third-order valence-corrected chi connectivity index (χ3v) is 4.75. The van der Waals surface area contributed by atoms with Gasteiger partial charge in [-0.25, -0.2) is 4.39 Å². The number of rotatable bonds is 10. The summed E-state index contributed by atoms with van der Waals surface area (Å²) in [5.41, 5.74) is 1.49. The van der Waals surface area contributed by atoms with Gasteiger partial charge in [-0.1, -0.05) is 0 Å². The second kappa shape index (κ2) is 11.6. The van der Waals surface area contributed by atoms with Gasteiger partial charge in [0.2, 0.25) is 6.41 Å². The van der Waals surface area contributed by atoms with Crippen LogP contribution in [0.25, 0.3) is 0 Å². The number of hydrogen-bond acceptors (Lipinski definition) is 6. The van der Waals surface area contributed by atoms with E-state index in [1.807, 2.05) is 0 Å². The molecular weight excluding hydrogens is 427 g/mol. The Labute approximate surface area is 192 Å². The summed E-state index contributed by atoms with van der Waals surface area (Å²) in [6, 6.07) is 10.2. The van der Waals surface area contributed by atoms with Gasteiger partial charge in [-0.2, -0.15) is 0 Å². The minimum atomic E-state index is -0.600. The maximum Gasteiger partial charge on any atom is 0.253 e. The highest BCUT2D eigenvalue weighted by Gasteiger charge is 2.19. The lowest BCUT2D eigenvalue weighted by atomic mass is 9.97. The summed E-state index contributed by atoms with van der Waals surface area (Å²) >= 11 is 0. The van der Waals surface area contributed by atoms with E-state index in [0.29, 0.717) is 29.0 Å². The maximum absolute atomic E-state index is 13.3. The SMILES string of the molecule is COc1ccc(CN(C=O)C(=O)/C=C(C)/C(=C\N(C)C)C(=O)c2ccc(F)cc2)c(OC)c1. The molecule has 2 amide bonds. The molecule has 0 bridgehead atoms. The largest absolute Gasteiger partial charge is 0.497 e. The van der Waals surface area contributed by atoms with E-state index in [9.17, 15) is 18.8 Å². The molecule has 0 fully saturated rings. The van der Waals surface area contributed by atoms with Gasteiger partial charge in [0.05, 0.1) is 20.8 Å². The van der Waals surface area contributed by atoms with E-state index in [2.05, 4.69) is 0 Å². The molecule has 0 aliphatic heterocycles. The van der Waals surface area contributed by atoms with Crippen molar-refractivity contribution in [2.24, 2.45) is 0 Å². The molecular formula is C25H27FN2O5. The van der Waals surface area contributed by atoms with Gasteiger partial charge in [0.15, 0.2) is 5.78 Å². The van der Waals surface area contributed by atoms with Crippen molar-refractivity contribution in [1.29, 1.82) is 0 Å². The van der Waals surface area contributed by atoms with Crippen LogP contribution >= 0.6 is 0 Å². The van der Waals surface area contributed by atoms with Crippen LogP contribution in [0.15, 0.2) is 65.9 Å². The smallest absolute Gasteiger partial charge is 0.253 e. The minimum absolute atomic E-state index is 0.0298. The van der Waals surface area contributed by atoms with E-state index in [1.165, 1.54) is 44.6 Å². The lowest BCUT2D eigenvalue weighted by molar-refractivity contribution is -0.135. The average Bonchev–Trinajstić information content (AvgIpc) is 2.80. The van der Waals surface area contributed by atoms with Crippen molar-refractivity contribution < 1.29 is 28.2 Å². The monoisotopic (exact) mass is 454 g/mol. The molecule has 0 aromatic heterocycles. The lowest BCUT2D eigenvalue weighted by Gasteiger charge is -2.17. The number of hydrogen-bond donors (Lipinski definition) is 0. The standard InChI is InChI=1S/C25H27FN2O5/c1-17(22(15-27(2)3)25(31)18-6-9-20(26)10-7-18)12-24(30)28(16-29)14-19-8-11-21(32-4)13-23(19)33-5/h6-13,15-16H,14H2,1-5H3/b17-12+,22-15+. The number of nitrogens with zero attached hydrogens (tertiary/aromatic N) is 2. The van der Waals surface area contributed by atoms with Crippen molar-refractivity contribution >= 4 is 18.1 Å². The Balaban J connectivity index is 2.32. The normalized spacial score (nSPS) is 11.6. The third-order valence-electron chi connectivity index (χ3n) is 4.75. The van der Waals surface area contributed by atoms with Crippen LogP contribution in [0.4, 0.5) is 4.39 Å². The fraction of sp³-hybridized carbons (Fsp3) is 0.240. The first-order valence-electron chi connectivity index (χ1n) is 10.0. The molecule has 0 radical (unpaired) electrons. The van der Waals surface area contributed by atoms with Gasteiger partial charge >= 0.3 is 0 Å². The molecule has 2 rings (SSSR count). The first-order chi connectivity index (χ1) is 15.7. The van der Waals surface area contributed by atoms with Crippen molar-refractivity contribution in [2.45, 2.75) is 13.5 Å². The summed E-state index contributed by atoms with van der Waals surface area (Å²) in [4.78, 5) is 40.2. The predicted octanol–water partition coefficient (Wildman–Crippen LogP) is 3.60. The van der Waals surface area contributed by atoms with Gasteiger partial charge in [-0.15, -0.1) is 0 Å². The van der Waals surface area contributed by atoms with Gasteiger partial charge < -0.3 is 14.4 Å². The van der Waals surface area contributed by atoms with Crippen molar-refractivity contribution in [2.75, 3.05) is 28.3 Å². The summed E-state index contributed by atoms with van der Waals surface area (Å²) in [6.45, 7) is 1.57. The van der Waals surface area contributed by atoms with E-state index in [-0.39, 0.29) is 23.5 Å². The van der Waals surface area contributed by atoms with Crippen LogP contribution in [0.3, 0.4) is 0 Å². The number of carbonyl (C=O) groups is 3. The molecule has 0 saturated carbocycles. The van der Waals surface area contributed by atoms with Gasteiger partial charge in [-0.3, -0.25) is 19.3 Å². The fourth-order valence-electron chi connectivity index (χ4n) is 3.03. The Bertz CT molecular complexity index is 1070. The van der Waals surface area contributed by atoms with Crippen LogP contribution in [0.1, 0.15) is 22.8 Å². The lowest BCUT2D eigenvalue weighted by Crippen LogP contribution is -2.28. The Morgan fingerprint density at radius 3 is 2.24 bits per heavy atom. The van der Waals surface area contributed by atoms with Gasteiger partial charge in [0.25, 0.3) is 5.91 Å². The molecule has 7 nitrogen and oxygen atoms in total. The molecule has 0 heterocycles. The van der Waals surface area contributed by atoms with Gasteiger partial charge in [0, 0.05) is 49.1 Å². The number of benzene rings is 2. The summed E-state index contributed by atoms with van der Waals surface area (Å²) in [6.07, 6.45) is 3.22. The van der Waals surface area contributed by atoms with Gasteiger partial charge in [0.1, 0.15) is 17.3 Å². The Kier molecular flexibility index (Phi) is 8.91. The average molecular weight is 454 g/mol. The summed E-state index contributed by atoms with van der Waals surface area (Å²) in [5.74, 6) is -0.387. The van der Waals surface area contributed by atoms with Crippen LogP contribution < -0.4 is 9.47 Å². The van der Waals surface area contributed by atoms with E-state index >= 15 is 0 Å². The predicted molar refractivity (Wildman–Crippen MR) is 122 cm³/mol.